The third-order valence-corrected chi connectivity index (χ3v) is 3.98. The first kappa shape index (κ1) is 15.6. The molecule has 0 saturated heterocycles. The summed E-state index contributed by atoms with van der Waals surface area (Å²) in [6.07, 6.45) is 0. The Balaban J connectivity index is 2.03. The monoisotopic (exact) mass is 376 g/mol. The maximum Gasteiger partial charge on any atom is 0.256 e. The molecule has 1 heterocycles. The first-order valence-electron chi connectivity index (χ1n) is 6.77. The molecule has 3 nitrogen and oxygen atoms in total. The van der Waals surface area contributed by atoms with Gasteiger partial charge in [0.2, 0.25) is 0 Å². The van der Waals surface area contributed by atoms with Crippen molar-refractivity contribution >= 4 is 38.4 Å². The number of nitrogens with one attached hydrogen (secondary N) is 1. The highest BCUT2D eigenvalue weighted by Crippen LogP contribution is 2.25. The molecule has 0 atom stereocenters. The van der Waals surface area contributed by atoms with Crippen LogP contribution in [0.3, 0.4) is 0 Å². The average Bonchev–Trinajstić information content (AvgIpc) is 2.48. The molecule has 1 aromatic heterocycles. The summed E-state index contributed by atoms with van der Waals surface area (Å²) in [6.45, 7) is 1.73. The Kier molecular flexibility index (Phi) is 4.09. The van der Waals surface area contributed by atoms with Crippen molar-refractivity contribution in [3.63, 3.8) is 0 Å². The van der Waals surface area contributed by atoms with Crippen LogP contribution in [0.5, 0.6) is 0 Å². The summed E-state index contributed by atoms with van der Waals surface area (Å²) in [4.78, 5) is 16.8. The van der Waals surface area contributed by atoms with Gasteiger partial charge in [0, 0.05) is 21.6 Å². The molecule has 23 heavy (non-hydrogen) atoms. The van der Waals surface area contributed by atoms with Crippen LogP contribution in [0.15, 0.2) is 46.9 Å². The van der Waals surface area contributed by atoms with Crippen LogP contribution in [0.1, 0.15) is 16.1 Å². The van der Waals surface area contributed by atoms with E-state index in [1.807, 2.05) is 0 Å². The van der Waals surface area contributed by atoms with Crippen LogP contribution in [-0.2, 0) is 0 Å². The molecule has 0 spiro atoms. The maximum absolute atomic E-state index is 13.4. The predicted octanol–water partition coefficient (Wildman–Crippen LogP) is 4.84. The first-order chi connectivity index (χ1) is 10.9. The zero-order valence-electron chi connectivity index (χ0n) is 12.0. The number of aromatic nitrogens is 1. The van der Waals surface area contributed by atoms with E-state index in [4.69, 9.17) is 0 Å². The van der Waals surface area contributed by atoms with Crippen molar-refractivity contribution in [1.29, 1.82) is 0 Å². The number of hydrogen-bond acceptors (Lipinski definition) is 2. The number of fused-ring (bicyclic) bond motifs is 1. The number of amides is 1. The number of halogens is 3. The second kappa shape index (κ2) is 6.04. The van der Waals surface area contributed by atoms with Crippen LogP contribution in [0, 0.1) is 18.6 Å². The number of nitrogens with zero attached hydrogens (tertiary/aromatic N) is 1. The average molecular weight is 377 g/mol. The number of aryl methyl sites for hydroxylation is 1. The molecule has 0 aliphatic carbocycles. The van der Waals surface area contributed by atoms with Crippen LogP contribution in [0.2, 0.25) is 0 Å². The number of rotatable bonds is 2. The minimum atomic E-state index is -0.414. The van der Waals surface area contributed by atoms with Crippen LogP contribution in [0.4, 0.5) is 14.5 Å². The van der Waals surface area contributed by atoms with E-state index in [1.165, 1.54) is 36.4 Å². The lowest BCUT2D eigenvalue weighted by Crippen LogP contribution is -2.13. The van der Waals surface area contributed by atoms with E-state index < -0.39 is 11.6 Å². The van der Waals surface area contributed by atoms with Crippen molar-refractivity contribution in [3.8, 4) is 0 Å². The van der Waals surface area contributed by atoms with E-state index in [1.54, 1.807) is 13.0 Å². The summed E-state index contributed by atoms with van der Waals surface area (Å²) in [7, 11) is 0. The van der Waals surface area contributed by atoms with Gasteiger partial charge in [-0.05, 0) is 59.3 Å². The van der Waals surface area contributed by atoms with Gasteiger partial charge in [-0.2, -0.15) is 0 Å². The summed E-state index contributed by atoms with van der Waals surface area (Å²) in [5.41, 5.74) is 1.84. The second-order valence-corrected chi connectivity index (χ2v) is 5.91. The lowest BCUT2D eigenvalue weighted by atomic mass is 10.1. The van der Waals surface area contributed by atoms with Crippen molar-refractivity contribution in [2.45, 2.75) is 6.92 Å². The van der Waals surface area contributed by atoms with Crippen molar-refractivity contribution < 1.29 is 13.6 Å². The summed E-state index contributed by atoms with van der Waals surface area (Å²) >= 11 is 3.21. The molecule has 0 radical (unpaired) electrons. The van der Waals surface area contributed by atoms with Gasteiger partial charge in [-0.25, -0.2) is 8.78 Å². The third-order valence-electron chi connectivity index (χ3n) is 3.32. The van der Waals surface area contributed by atoms with Gasteiger partial charge in [-0.15, -0.1) is 0 Å². The highest BCUT2D eigenvalue weighted by Gasteiger charge is 2.14. The molecule has 3 rings (SSSR count). The van der Waals surface area contributed by atoms with Crippen molar-refractivity contribution in [3.05, 3.63) is 69.8 Å². The molecule has 0 unspecified atom stereocenters. The quantitative estimate of drug-likeness (QED) is 0.695. The topological polar surface area (TPSA) is 42.0 Å². The van der Waals surface area contributed by atoms with E-state index >= 15 is 0 Å². The number of anilines is 1. The fourth-order valence-electron chi connectivity index (χ4n) is 2.30. The Labute approximate surface area is 139 Å². The maximum atomic E-state index is 13.4. The first-order valence-corrected chi connectivity index (χ1v) is 7.56. The lowest BCUT2D eigenvalue weighted by Gasteiger charge is -2.10. The highest BCUT2D eigenvalue weighted by molar-refractivity contribution is 9.10. The van der Waals surface area contributed by atoms with E-state index in [0.29, 0.717) is 32.3 Å². The molecule has 0 saturated carbocycles. The smallest absolute Gasteiger partial charge is 0.256 e. The zero-order chi connectivity index (χ0) is 16.6. The van der Waals surface area contributed by atoms with Crippen LogP contribution in [0.25, 0.3) is 10.9 Å². The van der Waals surface area contributed by atoms with Crippen molar-refractivity contribution in [2.75, 3.05) is 5.32 Å². The van der Waals surface area contributed by atoms with Gasteiger partial charge in [-0.3, -0.25) is 9.78 Å². The Morgan fingerprint density at radius 2 is 1.78 bits per heavy atom. The molecule has 3 aromatic rings. The number of carbonyl (C=O) groups is 1. The van der Waals surface area contributed by atoms with E-state index in [2.05, 4.69) is 26.2 Å². The van der Waals surface area contributed by atoms with Crippen LogP contribution >= 0.6 is 15.9 Å². The van der Waals surface area contributed by atoms with Gasteiger partial charge in [0.25, 0.3) is 5.91 Å². The molecular formula is C17H11BrF2N2O. The molecule has 1 N–H and O–H groups in total. The van der Waals surface area contributed by atoms with E-state index in [0.717, 1.165) is 0 Å². The molecule has 116 valence electrons. The fourth-order valence-corrected chi connectivity index (χ4v) is 2.75. The van der Waals surface area contributed by atoms with Crippen molar-refractivity contribution in [2.24, 2.45) is 0 Å². The molecule has 0 fully saturated rings. The summed E-state index contributed by atoms with van der Waals surface area (Å²) in [5.74, 6) is -1.20. The minimum Gasteiger partial charge on any atom is -0.321 e. The predicted molar refractivity (Wildman–Crippen MR) is 88.5 cm³/mol. The normalized spacial score (nSPS) is 10.8. The van der Waals surface area contributed by atoms with Gasteiger partial charge >= 0.3 is 0 Å². The SMILES string of the molecule is Cc1cc(C(=O)Nc2ccc(F)cc2Br)c2ccc(F)cc2n1. The zero-order valence-corrected chi connectivity index (χ0v) is 13.6. The standard InChI is InChI=1S/C17H11BrF2N2O/c1-9-6-13(12-4-2-11(20)8-16(12)21-9)17(23)22-15-5-3-10(19)7-14(15)18/h2-8H,1H3,(H,22,23). The molecular weight excluding hydrogens is 366 g/mol. The molecule has 6 heteroatoms. The Morgan fingerprint density at radius 3 is 2.52 bits per heavy atom. The van der Waals surface area contributed by atoms with E-state index in [-0.39, 0.29) is 5.91 Å². The number of hydrogen-bond donors (Lipinski definition) is 1. The number of benzene rings is 2. The molecule has 0 aliphatic heterocycles. The summed E-state index contributed by atoms with van der Waals surface area (Å²) < 4.78 is 26.9. The van der Waals surface area contributed by atoms with Gasteiger partial charge in [-0.1, -0.05) is 0 Å². The van der Waals surface area contributed by atoms with E-state index in [9.17, 15) is 13.6 Å². The molecule has 2 aromatic carbocycles. The number of pyridine rings is 1. The Bertz CT molecular complexity index is 923. The van der Waals surface area contributed by atoms with Gasteiger partial charge in [0.05, 0.1) is 16.8 Å². The minimum absolute atomic E-state index is 0.376. The highest BCUT2D eigenvalue weighted by atomic mass is 79.9. The van der Waals surface area contributed by atoms with Crippen LogP contribution < -0.4 is 5.32 Å². The lowest BCUT2D eigenvalue weighted by molar-refractivity contribution is 0.102. The third kappa shape index (κ3) is 3.22. The fraction of sp³-hybridized carbons (Fsp3) is 0.0588. The van der Waals surface area contributed by atoms with Crippen LogP contribution in [-0.4, -0.2) is 10.9 Å². The molecule has 1 amide bonds. The Morgan fingerprint density at radius 1 is 1.09 bits per heavy atom. The van der Waals surface area contributed by atoms with Gasteiger partial charge in [0.15, 0.2) is 0 Å². The summed E-state index contributed by atoms with van der Waals surface area (Å²) in [6, 6.07) is 9.70. The van der Waals surface area contributed by atoms with Gasteiger partial charge in [0.1, 0.15) is 11.6 Å². The Hall–Kier alpha value is -2.34. The van der Waals surface area contributed by atoms with Crippen molar-refractivity contribution in [1.82, 2.24) is 4.98 Å². The molecule has 0 aliphatic rings. The molecule has 0 bridgehead atoms. The summed E-state index contributed by atoms with van der Waals surface area (Å²) in [5, 5.41) is 3.26. The number of carbonyl (C=O) groups excluding carboxylic acids is 1. The second-order valence-electron chi connectivity index (χ2n) is 5.05. The van der Waals surface area contributed by atoms with Gasteiger partial charge < -0.3 is 5.32 Å². The largest absolute Gasteiger partial charge is 0.321 e.